The number of phenolic OH excluding ortho intramolecular Hbond substituents is 2. The van der Waals surface area contributed by atoms with Crippen LogP contribution in [0.3, 0.4) is 0 Å². The van der Waals surface area contributed by atoms with Gasteiger partial charge in [0.1, 0.15) is 11.5 Å². The third kappa shape index (κ3) is 2.02. The molecule has 2 heterocycles. The van der Waals surface area contributed by atoms with Crippen molar-refractivity contribution < 1.29 is 14.6 Å². The molecule has 2 aromatic heterocycles. The number of phenols is 2. The van der Waals surface area contributed by atoms with E-state index in [4.69, 9.17) is 11.6 Å². The lowest BCUT2D eigenvalue weighted by Gasteiger charge is -2.02. The summed E-state index contributed by atoms with van der Waals surface area (Å²) >= 11 is 9.24. The number of aromatic hydroxyl groups is 2. The molecule has 3 rings (SSSR count). The summed E-state index contributed by atoms with van der Waals surface area (Å²) in [5, 5.41) is 26.5. The van der Waals surface area contributed by atoms with Gasteiger partial charge in [-0.1, -0.05) is 11.6 Å². The molecular weight excluding hydrogens is 334 g/mol. The van der Waals surface area contributed by atoms with Crippen LogP contribution in [0.5, 0.6) is 11.5 Å². The Hall–Kier alpha value is -1.79. The molecular formula is C12H8BrClN3O2+. The van der Waals surface area contributed by atoms with Crippen molar-refractivity contribution in [1.82, 2.24) is 10.2 Å². The Balaban J connectivity index is 2.30. The molecule has 7 heteroatoms. The zero-order valence-electron chi connectivity index (χ0n) is 9.43. The molecule has 0 saturated heterocycles. The Kier molecular flexibility index (Phi) is 2.83. The van der Waals surface area contributed by atoms with Crippen LogP contribution in [0.25, 0.3) is 17.0 Å². The predicted molar refractivity (Wildman–Crippen MR) is 73.2 cm³/mol. The molecule has 0 aliphatic heterocycles. The van der Waals surface area contributed by atoms with Crippen LogP contribution in [-0.2, 0) is 0 Å². The van der Waals surface area contributed by atoms with Gasteiger partial charge in [0.25, 0.3) is 5.65 Å². The van der Waals surface area contributed by atoms with E-state index in [1.54, 1.807) is 4.40 Å². The van der Waals surface area contributed by atoms with Gasteiger partial charge in [-0.2, -0.15) is 4.40 Å². The average molecular weight is 342 g/mol. The van der Waals surface area contributed by atoms with Crippen molar-refractivity contribution >= 4 is 33.2 Å². The molecule has 0 atom stereocenters. The van der Waals surface area contributed by atoms with Crippen molar-refractivity contribution in [3.63, 3.8) is 0 Å². The number of nitrogens with zero attached hydrogens (tertiary/aromatic N) is 2. The van der Waals surface area contributed by atoms with Crippen molar-refractivity contribution in [3.05, 3.63) is 40.0 Å². The zero-order valence-corrected chi connectivity index (χ0v) is 11.8. The van der Waals surface area contributed by atoms with Gasteiger partial charge >= 0.3 is 5.82 Å². The number of fused-ring (bicyclic) bond motifs is 1. The highest BCUT2D eigenvalue weighted by Crippen LogP contribution is 2.35. The molecule has 0 radical (unpaired) electrons. The standard InChI is InChI=1S/C12H7BrClN3O2/c13-6-1-2-11-15-16-12(17(11)5-6)7-3-8(14)10(19)4-9(7)18/h1-5H,(H2,16,18,19)/p+1. The zero-order chi connectivity index (χ0) is 13.6. The minimum absolute atomic E-state index is 0.0947. The molecule has 3 N–H and O–H groups in total. The van der Waals surface area contributed by atoms with Crippen molar-refractivity contribution in [2.45, 2.75) is 0 Å². The van der Waals surface area contributed by atoms with Crippen molar-refractivity contribution in [2.75, 3.05) is 0 Å². The van der Waals surface area contributed by atoms with Crippen molar-refractivity contribution in [3.8, 4) is 22.9 Å². The lowest BCUT2D eigenvalue weighted by molar-refractivity contribution is -0.500. The predicted octanol–water partition coefficient (Wildman–Crippen LogP) is 2.64. The number of aromatic nitrogens is 3. The molecule has 0 aliphatic rings. The molecule has 0 fully saturated rings. The van der Waals surface area contributed by atoms with Crippen LogP contribution in [-0.4, -0.2) is 20.4 Å². The molecule has 0 aliphatic carbocycles. The van der Waals surface area contributed by atoms with Gasteiger partial charge in [-0.3, -0.25) is 0 Å². The molecule has 3 aromatic rings. The number of benzene rings is 1. The van der Waals surface area contributed by atoms with Gasteiger partial charge in [-0.25, -0.2) is 0 Å². The second kappa shape index (κ2) is 4.40. The Bertz CT molecular complexity index is 788. The lowest BCUT2D eigenvalue weighted by atomic mass is 10.2. The number of hydrogen-bond donors (Lipinski definition) is 3. The van der Waals surface area contributed by atoms with E-state index >= 15 is 0 Å². The largest absolute Gasteiger partial charge is 0.507 e. The summed E-state index contributed by atoms with van der Waals surface area (Å²) in [4.78, 5) is 0. The minimum atomic E-state index is -0.172. The Morgan fingerprint density at radius 1 is 1.21 bits per heavy atom. The number of pyridine rings is 1. The van der Waals surface area contributed by atoms with E-state index in [1.807, 2.05) is 18.3 Å². The monoisotopic (exact) mass is 340 g/mol. The van der Waals surface area contributed by atoms with Crippen LogP contribution >= 0.6 is 27.5 Å². The van der Waals surface area contributed by atoms with E-state index in [1.165, 1.54) is 12.1 Å². The van der Waals surface area contributed by atoms with Gasteiger partial charge in [0.05, 0.1) is 16.8 Å². The number of aromatic amines is 1. The first-order valence-corrected chi connectivity index (χ1v) is 6.50. The molecule has 5 nitrogen and oxygen atoms in total. The third-order valence-corrected chi connectivity index (χ3v) is 3.49. The van der Waals surface area contributed by atoms with Gasteiger partial charge in [0.15, 0.2) is 0 Å². The highest BCUT2D eigenvalue weighted by Gasteiger charge is 2.21. The fourth-order valence-electron chi connectivity index (χ4n) is 1.83. The number of rotatable bonds is 1. The molecule has 0 bridgehead atoms. The maximum Gasteiger partial charge on any atom is 0.317 e. The molecule has 19 heavy (non-hydrogen) atoms. The van der Waals surface area contributed by atoms with Crippen LogP contribution in [0, 0.1) is 0 Å². The number of H-pyrrole nitrogens is 1. The number of hydrogen-bond acceptors (Lipinski definition) is 3. The first-order chi connectivity index (χ1) is 9.06. The minimum Gasteiger partial charge on any atom is -0.507 e. The topological polar surface area (TPSA) is 73.2 Å². The van der Waals surface area contributed by atoms with Gasteiger partial charge in [0.2, 0.25) is 0 Å². The highest BCUT2D eigenvalue weighted by molar-refractivity contribution is 9.10. The van der Waals surface area contributed by atoms with E-state index in [2.05, 4.69) is 26.1 Å². The van der Waals surface area contributed by atoms with E-state index in [0.29, 0.717) is 11.4 Å². The second-order valence-corrected chi connectivity index (χ2v) is 5.29. The first-order valence-electron chi connectivity index (χ1n) is 5.33. The second-order valence-electron chi connectivity index (χ2n) is 3.97. The average Bonchev–Trinajstić information content (AvgIpc) is 2.76. The summed E-state index contributed by atoms with van der Waals surface area (Å²) in [6, 6.07) is 6.38. The Morgan fingerprint density at radius 2 is 2.00 bits per heavy atom. The molecule has 0 spiro atoms. The summed E-state index contributed by atoms with van der Waals surface area (Å²) in [5.41, 5.74) is 1.19. The summed E-state index contributed by atoms with van der Waals surface area (Å²) < 4.78 is 2.64. The van der Waals surface area contributed by atoms with Crippen LogP contribution in [0.15, 0.2) is 34.9 Å². The van der Waals surface area contributed by atoms with Crippen molar-refractivity contribution in [2.24, 2.45) is 0 Å². The molecule has 96 valence electrons. The Labute approximate surface area is 121 Å². The van der Waals surface area contributed by atoms with Crippen molar-refractivity contribution in [1.29, 1.82) is 0 Å². The first kappa shape index (κ1) is 12.3. The van der Waals surface area contributed by atoms with Gasteiger partial charge in [-0.05, 0) is 28.1 Å². The third-order valence-electron chi connectivity index (χ3n) is 2.72. The summed E-state index contributed by atoms with van der Waals surface area (Å²) in [7, 11) is 0. The lowest BCUT2D eigenvalue weighted by Crippen LogP contribution is -2.21. The molecule has 0 saturated carbocycles. The normalized spacial score (nSPS) is 11.1. The van der Waals surface area contributed by atoms with E-state index in [-0.39, 0.29) is 16.5 Å². The quantitative estimate of drug-likeness (QED) is 0.596. The SMILES string of the molecule is Oc1cc(O)c(-c2n[nH]c3ccc(Br)c[n+]23)cc1Cl. The van der Waals surface area contributed by atoms with Gasteiger partial charge in [0, 0.05) is 21.7 Å². The van der Waals surface area contributed by atoms with Crippen LogP contribution in [0.4, 0.5) is 0 Å². The van der Waals surface area contributed by atoms with Crippen LogP contribution < -0.4 is 4.40 Å². The molecule has 0 unspecified atom stereocenters. The number of nitrogens with one attached hydrogen (secondary N) is 1. The summed E-state index contributed by atoms with van der Waals surface area (Å²) in [6.45, 7) is 0. The van der Waals surface area contributed by atoms with Gasteiger partial charge < -0.3 is 10.2 Å². The smallest absolute Gasteiger partial charge is 0.317 e. The molecule has 1 aromatic carbocycles. The van der Waals surface area contributed by atoms with Crippen LogP contribution in [0.1, 0.15) is 0 Å². The maximum atomic E-state index is 9.92. The highest BCUT2D eigenvalue weighted by atomic mass is 79.9. The summed E-state index contributed by atoms with van der Waals surface area (Å²) in [5.74, 6) is 0.229. The van der Waals surface area contributed by atoms with Gasteiger partial charge in [-0.15, -0.1) is 5.10 Å². The van der Waals surface area contributed by atoms with Crippen LogP contribution in [0.2, 0.25) is 5.02 Å². The number of halogens is 2. The Morgan fingerprint density at radius 3 is 2.79 bits per heavy atom. The molecule has 0 amide bonds. The summed E-state index contributed by atoms with van der Waals surface area (Å²) in [6.07, 6.45) is 1.81. The fourth-order valence-corrected chi connectivity index (χ4v) is 2.33. The van der Waals surface area contributed by atoms with E-state index in [9.17, 15) is 10.2 Å². The van der Waals surface area contributed by atoms with E-state index < -0.39 is 0 Å². The maximum absolute atomic E-state index is 9.92. The fraction of sp³-hybridized carbons (Fsp3) is 0. The van der Waals surface area contributed by atoms with E-state index in [0.717, 1.165) is 10.1 Å².